The van der Waals surface area contributed by atoms with E-state index in [2.05, 4.69) is 11.7 Å². The number of nitrogens with zero attached hydrogens (tertiary/aromatic N) is 4. The summed E-state index contributed by atoms with van der Waals surface area (Å²) in [7, 11) is 0. The van der Waals surface area contributed by atoms with Gasteiger partial charge in [0.1, 0.15) is 6.54 Å². The SMILES string of the molecule is C=CC[n+]1cn(N)cn1.O=[N+]([O-])[O-]. The van der Waals surface area contributed by atoms with Gasteiger partial charge in [-0.25, -0.2) is 0 Å². The van der Waals surface area contributed by atoms with Crippen LogP contribution >= 0.6 is 0 Å². The molecule has 0 aliphatic rings. The lowest BCUT2D eigenvalue weighted by molar-refractivity contribution is -0.742. The molecule has 1 heterocycles. The second-order valence-corrected chi connectivity index (χ2v) is 1.93. The van der Waals surface area contributed by atoms with E-state index in [1.165, 1.54) is 11.0 Å². The van der Waals surface area contributed by atoms with Gasteiger partial charge in [-0.2, -0.15) is 0 Å². The number of nitrogen functional groups attached to an aromatic ring is 1. The smallest absolute Gasteiger partial charge is 0.289 e. The van der Waals surface area contributed by atoms with E-state index >= 15 is 0 Å². The Morgan fingerprint density at radius 3 is 2.62 bits per heavy atom. The van der Waals surface area contributed by atoms with Crippen molar-refractivity contribution in [3.05, 3.63) is 40.6 Å². The maximum Gasteiger partial charge on any atom is 0.289 e. The Morgan fingerprint density at radius 2 is 2.31 bits per heavy atom. The largest absolute Gasteiger partial charge is 0.356 e. The zero-order valence-electron chi connectivity index (χ0n) is 6.74. The molecule has 0 aromatic carbocycles. The van der Waals surface area contributed by atoms with Crippen molar-refractivity contribution in [2.45, 2.75) is 6.54 Å². The lowest BCUT2D eigenvalue weighted by Crippen LogP contribution is -2.34. The van der Waals surface area contributed by atoms with E-state index in [0.717, 1.165) is 0 Å². The van der Waals surface area contributed by atoms with E-state index in [9.17, 15) is 0 Å². The third-order valence-corrected chi connectivity index (χ3v) is 0.916. The fourth-order valence-electron chi connectivity index (χ4n) is 0.566. The van der Waals surface area contributed by atoms with Crippen LogP contribution in [0.15, 0.2) is 25.3 Å². The molecule has 0 spiro atoms. The molecule has 0 bridgehead atoms. The van der Waals surface area contributed by atoms with Crippen LogP contribution in [0.25, 0.3) is 0 Å². The van der Waals surface area contributed by atoms with Crippen molar-refractivity contribution in [1.29, 1.82) is 0 Å². The first-order valence-electron chi connectivity index (χ1n) is 3.17. The minimum absolute atomic E-state index is 0.699. The summed E-state index contributed by atoms with van der Waals surface area (Å²) in [5.41, 5.74) is 0. The van der Waals surface area contributed by atoms with Gasteiger partial charge in [0.05, 0.1) is 5.09 Å². The van der Waals surface area contributed by atoms with E-state index in [0.29, 0.717) is 6.54 Å². The summed E-state index contributed by atoms with van der Waals surface area (Å²) in [6, 6.07) is 0. The Balaban J connectivity index is 0.000000310. The van der Waals surface area contributed by atoms with Gasteiger partial charge in [-0.1, -0.05) is 6.58 Å². The number of hydrogen-bond acceptors (Lipinski definition) is 5. The van der Waals surface area contributed by atoms with Crippen LogP contribution in [-0.4, -0.2) is 14.9 Å². The van der Waals surface area contributed by atoms with Gasteiger partial charge in [0.25, 0.3) is 6.33 Å². The maximum absolute atomic E-state index is 8.25. The first kappa shape index (κ1) is 10.9. The molecule has 8 heteroatoms. The van der Waals surface area contributed by atoms with Gasteiger partial charge in [0.2, 0.25) is 6.33 Å². The molecule has 1 aromatic heterocycles. The Kier molecular flexibility index (Phi) is 4.62. The number of allylic oxidation sites excluding steroid dienone is 1. The fourth-order valence-corrected chi connectivity index (χ4v) is 0.566. The topological polar surface area (TPSA) is 114 Å². The van der Waals surface area contributed by atoms with Crippen LogP contribution in [0.1, 0.15) is 0 Å². The highest BCUT2D eigenvalue weighted by Gasteiger charge is 1.96. The minimum Gasteiger partial charge on any atom is -0.356 e. The van der Waals surface area contributed by atoms with E-state index < -0.39 is 5.09 Å². The summed E-state index contributed by atoms with van der Waals surface area (Å²) >= 11 is 0. The van der Waals surface area contributed by atoms with E-state index in [-0.39, 0.29) is 0 Å². The molecule has 8 nitrogen and oxygen atoms in total. The first-order valence-corrected chi connectivity index (χ1v) is 3.17. The van der Waals surface area contributed by atoms with Crippen molar-refractivity contribution >= 4 is 0 Å². The standard InChI is InChI=1S/C5H9N4.NO3/c1-2-3-9-5-8(6)4-7-9;2-1(3)4/h2,4-5H,1,3,6H2;/q+1;-1. The third-order valence-electron chi connectivity index (χ3n) is 0.916. The summed E-state index contributed by atoms with van der Waals surface area (Å²) < 4.78 is 3.08. The molecular formula is C5H9N5O3. The Hall–Kier alpha value is -2.12. The molecule has 13 heavy (non-hydrogen) atoms. The second-order valence-electron chi connectivity index (χ2n) is 1.93. The summed E-state index contributed by atoms with van der Waals surface area (Å²) in [6.07, 6.45) is 4.97. The zero-order chi connectivity index (χ0) is 10.3. The molecule has 0 amide bonds. The van der Waals surface area contributed by atoms with Crippen LogP contribution < -0.4 is 10.5 Å². The second kappa shape index (κ2) is 5.52. The molecule has 0 fully saturated rings. The molecule has 0 aliphatic carbocycles. The van der Waals surface area contributed by atoms with Gasteiger partial charge in [-0.15, -0.1) is 9.36 Å². The molecule has 2 N–H and O–H groups in total. The first-order chi connectivity index (χ1) is 6.06. The zero-order valence-corrected chi connectivity index (χ0v) is 6.74. The van der Waals surface area contributed by atoms with Gasteiger partial charge >= 0.3 is 0 Å². The molecule has 0 unspecified atom stereocenters. The van der Waals surface area contributed by atoms with Crippen LogP contribution in [0.2, 0.25) is 0 Å². The molecule has 0 saturated carbocycles. The normalized spacial score (nSPS) is 8.31. The Morgan fingerprint density at radius 1 is 1.77 bits per heavy atom. The molecular weight excluding hydrogens is 178 g/mol. The molecule has 0 radical (unpaired) electrons. The number of nitrogens with two attached hydrogens (primary N) is 1. The summed E-state index contributed by atoms with van der Waals surface area (Å²) in [4.78, 5) is 8.25. The predicted octanol–water partition coefficient (Wildman–Crippen LogP) is -1.17. The van der Waals surface area contributed by atoms with Crippen LogP contribution in [0.4, 0.5) is 0 Å². The van der Waals surface area contributed by atoms with E-state index in [1.54, 1.807) is 17.1 Å². The van der Waals surface area contributed by atoms with Gasteiger partial charge in [0, 0.05) is 0 Å². The average Bonchev–Trinajstić information content (AvgIpc) is 2.35. The van der Waals surface area contributed by atoms with Gasteiger partial charge in [0.15, 0.2) is 0 Å². The number of rotatable bonds is 2. The molecule has 0 aliphatic heterocycles. The lowest BCUT2D eigenvalue weighted by atomic mass is 10.6. The maximum atomic E-state index is 8.25. The van der Waals surface area contributed by atoms with Crippen molar-refractivity contribution in [2.75, 3.05) is 5.84 Å². The van der Waals surface area contributed by atoms with E-state index in [4.69, 9.17) is 21.2 Å². The summed E-state index contributed by atoms with van der Waals surface area (Å²) in [6.45, 7) is 4.25. The van der Waals surface area contributed by atoms with Gasteiger partial charge < -0.3 is 15.3 Å². The third kappa shape index (κ3) is 6.28. The van der Waals surface area contributed by atoms with E-state index in [1.807, 2.05) is 0 Å². The van der Waals surface area contributed by atoms with Crippen LogP contribution in [0, 0.1) is 15.3 Å². The van der Waals surface area contributed by atoms with Crippen molar-refractivity contribution < 1.29 is 9.77 Å². The Bertz CT molecular complexity index is 279. The van der Waals surface area contributed by atoms with Gasteiger partial charge in [-0.3, -0.25) is 5.84 Å². The van der Waals surface area contributed by atoms with Crippen molar-refractivity contribution in [3.63, 3.8) is 0 Å². The molecule has 1 rings (SSSR count). The lowest BCUT2D eigenvalue weighted by Gasteiger charge is -1.79. The number of aromatic nitrogens is 3. The van der Waals surface area contributed by atoms with Crippen LogP contribution in [-0.2, 0) is 6.54 Å². The highest BCUT2D eigenvalue weighted by molar-refractivity contribution is 4.58. The highest BCUT2D eigenvalue weighted by atomic mass is 16.9. The van der Waals surface area contributed by atoms with Crippen molar-refractivity contribution in [2.24, 2.45) is 0 Å². The molecule has 0 atom stereocenters. The summed E-state index contributed by atoms with van der Waals surface area (Å²) in [5, 5.41) is 18.6. The van der Waals surface area contributed by atoms with Crippen LogP contribution in [0.3, 0.4) is 0 Å². The molecule has 72 valence electrons. The Labute approximate surface area is 73.6 Å². The summed E-state index contributed by atoms with van der Waals surface area (Å²) in [5.74, 6) is 5.31. The number of hydrogen-bond donors (Lipinski definition) is 1. The monoisotopic (exact) mass is 187 g/mol. The predicted molar refractivity (Wildman–Crippen MR) is 43.1 cm³/mol. The fraction of sp³-hybridized carbons (Fsp3) is 0.200. The average molecular weight is 187 g/mol. The van der Waals surface area contributed by atoms with Gasteiger partial charge in [-0.05, 0) is 11.2 Å². The molecule has 0 saturated heterocycles. The highest BCUT2D eigenvalue weighted by Crippen LogP contribution is 1.67. The van der Waals surface area contributed by atoms with Crippen molar-refractivity contribution in [3.8, 4) is 0 Å². The minimum atomic E-state index is -1.75. The quantitative estimate of drug-likeness (QED) is 0.206. The van der Waals surface area contributed by atoms with Crippen LogP contribution in [0.5, 0.6) is 0 Å². The van der Waals surface area contributed by atoms with Crippen molar-refractivity contribution in [1.82, 2.24) is 9.77 Å². The molecule has 1 aromatic rings.